The monoisotopic (exact) mass is 318 g/mol. The van der Waals surface area contributed by atoms with E-state index in [9.17, 15) is 0 Å². The summed E-state index contributed by atoms with van der Waals surface area (Å²) >= 11 is 0. The summed E-state index contributed by atoms with van der Waals surface area (Å²) in [7, 11) is 2.02. The molecule has 1 atom stereocenters. The molecule has 23 heavy (non-hydrogen) atoms. The fourth-order valence-corrected chi connectivity index (χ4v) is 3.10. The number of hydrogen-bond donors (Lipinski definition) is 1. The maximum atomic E-state index is 5.47. The summed E-state index contributed by atoms with van der Waals surface area (Å²) in [6.07, 6.45) is 3.81. The zero-order valence-corrected chi connectivity index (χ0v) is 14.2. The molecule has 7 nitrogen and oxygen atoms in total. The smallest absolute Gasteiger partial charge is 0.131 e. The van der Waals surface area contributed by atoms with E-state index in [4.69, 9.17) is 4.74 Å². The van der Waals surface area contributed by atoms with E-state index in [-0.39, 0.29) is 0 Å². The highest BCUT2D eigenvalue weighted by atomic mass is 16.5. The molecular weight excluding hydrogens is 292 g/mol. The molecule has 0 spiro atoms. The van der Waals surface area contributed by atoms with Crippen LogP contribution in [0.4, 0.5) is 5.82 Å². The van der Waals surface area contributed by atoms with E-state index in [0.717, 1.165) is 45.1 Å². The van der Waals surface area contributed by atoms with Crippen LogP contribution in [-0.4, -0.2) is 51.9 Å². The average Bonchev–Trinajstić information content (AvgIpc) is 3.13. The number of ether oxygens (including phenoxy) is 1. The summed E-state index contributed by atoms with van der Waals surface area (Å²) in [5, 5.41) is 12.5. The van der Waals surface area contributed by atoms with Gasteiger partial charge in [-0.3, -0.25) is 9.36 Å². The van der Waals surface area contributed by atoms with Crippen molar-refractivity contribution in [3.8, 4) is 0 Å². The van der Waals surface area contributed by atoms with Crippen LogP contribution < -0.4 is 10.2 Å². The lowest BCUT2D eigenvalue weighted by molar-refractivity contribution is 0.122. The Labute approximate surface area is 137 Å². The number of nitrogens with zero attached hydrogens (tertiary/aromatic N) is 5. The van der Waals surface area contributed by atoms with Crippen LogP contribution in [0.15, 0.2) is 18.5 Å². The highest BCUT2D eigenvalue weighted by Crippen LogP contribution is 2.24. The summed E-state index contributed by atoms with van der Waals surface area (Å²) in [4.78, 5) is 2.37. The van der Waals surface area contributed by atoms with Gasteiger partial charge in [-0.1, -0.05) is 0 Å². The van der Waals surface area contributed by atoms with Crippen molar-refractivity contribution in [3.63, 3.8) is 0 Å². The largest absolute Gasteiger partial charge is 0.378 e. The number of nitrogens with one attached hydrogen (secondary N) is 1. The van der Waals surface area contributed by atoms with Gasteiger partial charge in [0, 0.05) is 50.7 Å². The number of aromatic nitrogens is 4. The molecule has 0 saturated carbocycles. The number of morpholine rings is 1. The van der Waals surface area contributed by atoms with Gasteiger partial charge >= 0.3 is 0 Å². The highest BCUT2D eigenvalue weighted by Gasteiger charge is 2.21. The van der Waals surface area contributed by atoms with E-state index in [1.807, 2.05) is 34.9 Å². The lowest BCUT2D eigenvalue weighted by Crippen LogP contribution is -2.38. The van der Waals surface area contributed by atoms with E-state index >= 15 is 0 Å². The molecule has 0 unspecified atom stereocenters. The molecule has 0 amide bonds. The molecule has 1 N–H and O–H groups in total. The van der Waals surface area contributed by atoms with Gasteiger partial charge in [0.2, 0.25) is 0 Å². The lowest BCUT2D eigenvalue weighted by atomic mass is 10.2. The first-order valence-electron chi connectivity index (χ1n) is 8.21. The fraction of sp³-hybridized carbons (Fsp3) is 0.625. The molecule has 3 heterocycles. The summed E-state index contributed by atoms with van der Waals surface area (Å²) < 4.78 is 9.42. The molecule has 126 valence electrons. The van der Waals surface area contributed by atoms with Crippen LogP contribution in [0.1, 0.15) is 18.2 Å². The fourth-order valence-electron chi connectivity index (χ4n) is 3.10. The average molecular weight is 318 g/mol. The van der Waals surface area contributed by atoms with Gasteiger partial charge in [-0.05, 0) is 19.9 Å². The van der Waals surface area contributed by atoms with E-state index in [2.05, 4.69) is 34.3 Å². The third kappa shape index (κ3) is 3.73. The van der Waals surface area contributed by atoms with Crippen molar-refractivity contribution in [1.29, 1.82) is 0 Å². The quantitative estimate of drug-likeness (QED) is 0.859. The maximum Gasteiger partial charge on any atom is 0.131 e. The first kappa shape index (κ1) is 16.0. The van der Waals surface area contributed by atoms with Gasteiger partial charge in [0.15, 0.2) is 0 Å². The second-order valence-electron chi connectivity index (χ2n) is 6.12. The Morgan fingerprint density at radius 2 is 2.13 bits per heavy atom. The molecule has 1 saturated heterocycles. The Hall–Kier alpha value is -1.86. The zero-order valence-electron chi connectivity index (χ0n) is 14.2. The Bertz CT molecular complexity index is 615. The molecule has 1 aliphatic heterocycles. The summed E-state index contributed by atoms with van der Waals surface area (Å²) in [5.74, 6) is 1.21. The van der Waals surface area contributed by atoms with E-state index in [1.165, 1.54) is 11.4 Å². The molecule has 2 aromatic rings. The molecule has 0 aromatic carbocycles. The van der Waals surface area contributed by atoms with Crippen LogP contribution in [0, 0.1) is 6.92 Å². The summed E-state index contributed by atoms with van der Waals surface area (Å²) in [5.41, 5.74) is 2.37. The van der Waals surface area contributed by atoms with Gasteiger partial charge in [-0.2, -0.15) is 10.2 Å². The van der Waals surface area contributed by atoms with Crippen molar-refractivity contribution >= 4 is 5.82 Å². The molecular formula is C16H26N6O. The second-order valence-corrected chi connectivity index (χ2v) is 6.12. The molecule has 7 heteroatoms. The molecule has 0 aliphatic carbocycles. The standard InChI is InChI=1S/C16H26N6O/c1-13(12-22-6-4-5-18-22)17-11-15-14(2)19-20(3)16(15)21-7-9-23-10-8-21/h4-6,13,17H,7-12H2,1-3H3/t13-/m0/s1. The number of hydrogen-bond acceptors (Lipinski definition) is 5. The highest BCUT2D eigenvalue weighted by molar-refractivity contribution is 5.50. The van der Waals surface area contributed by atoms with Crippen LogP contribution in [0.2, 0.25) is 0 Å². The predicted octanol–water partition coefficient (Wildman–Crippen LogP) is 0.940. The Balaban J connectivity index is 1.67. The number of rotatable bonds is 6. The normalized spacial score (nSPS) is 16.7. The minimum Gasteiger partial charge on any atom is -0.378 e. The Morgan fingerprint density at radius 1 is 1.35 bits per heavy atom. The Kier molecular flexibility index (Phi) is 4.97. The third-order valence-electron chi connectivity index (χ3n) is 4.27. The first-order chi connectivity index (χ1) is 11.1. The predicted molar refractivity (Wildman–Crippen MR) is 89.5 cm³/mol. The Morgan fingerprint density at radius 3 is 2.83 bits per heavy atom. The topological polar surface area (TPSA) is 60.1 Å². The van der Waals surface area contributed by atoms with Gasteiger partial charge in [0.25, 0.3) is 0 Å². The summed E-state index contributed by atoms with van der Waals surface area (Å²) in [6, 6.07) is 2.29. The van der Waals surface area contributed by atoms with Crippen molar-refractivity contribution in [2.45, 2.75) is 33.0 Å². The zero-order chi connectivity index (χ0) is 16.2. The molecule has 2 aromatic heterocycles. The molecule has 3 rings (SSSR count). The third-order valence-corrected chi connectivity index (χ3v) is 4.27. The van der Waals surface area contributed by atoms with Gasteiger partial charge in [-0.15, -0.1) is 0 Å². The molecule has 1 fully saturated rings. The SMILES string of the molecule is Cc1nn(C)c(N2CCOCC2)c1CN[C@@H](C)Cn1cccn1. The van der Waals surface area contributed by atoms with Crippen molar-refractivity contribution < 1.29 is 4.74 Å². The van der Waals surface area contributed by atoms with Crippen LogP contribution in [0.5, 0.6) is 0 Å². The van der Waals surface area contributed by atoms with Crippen LogP contribution in [0.3, 0.4) is 0 Å². The number of aryl methyl sites for hydroxylation is 2. The summed E-state index contributed by atoms with van der Waals surface area (Å²) in [6.45, 7) is 9.36. The second kappa shape index (κ2) is 7.14. The van der Waals surface area contributed by atoms with Crippen molar-refractivity contribution in [2.75, 3.05) is 31.2 Å². The number of anilines is 1. The van der Waals surface area contributed by atoms with Crippen molar-refractivity contribution in [3.05, 3.63) is 29.7 Å². The molecule has 1 aliphatic rings. The van der Waals surface area contributed by atoms with Gasteiger partial charge in [0.05, 0.1) is 25.5 Å². The van der Waals surface area contributed by atoms with Crippen LogP contribution in [0.25, 0.3) is 0 Å². The van der Waals surface area contributed by atoms with Gasteiger partial charge in [-0.25, -0.2) is 0 Å². The minimum atomic E-state index is 0.340. The first-order valence-corrected chi connectivity index (χ1v) is 8.21. The van der Waals surface area contributed by atoms with Crippen LogP contribution >= 0.6 is 0 Å². The van der Waals surface area contributed by atoms with Crippen LogP contribution in [-0.2, 0) is 24.9 Å². The van der Waals surface area contributed by atoms with Crippen molar-refractivity contribution in [1.82, 2.24) is 24.9 Å². The lowest BCUT2D eigenvalue weighted by Gasteiger charge is -2.29. The van der Waals surface area contributed by atoms with Crippen molar-refractivity contribution in [2.24, 2.45) is 7.05 Å². The molecule has 0 radical (unpaired) electrons. The minimum absolute atomic E-state index is 0.340. The van der Waals surface area contributed by atoms with Gasteiger partial charge < -0.3 is 15.0 Å². The molecule has 0 bridgehead atoms. The van der Waals surface area contributed by atoms with E-state index in [1.54, 1.807) is 0 Å². The maximum absolute atomic E-state index is 5.47. The van der Waals surface area contributed by atoms with E-state index in [0.29, 0.717) is 6.04 Å². The van der Waals surface area contributed by atoms with Gasteiger partial charge in [0.1, 0.15) is 5.82 Å². The van der Waals surface area contributed by atoms with E-state index < -0.39 is 0 Å².